The van der Waals surface area contributed by atoms with Crippen LogP contribution in [0, 0.1) is 17.7 Å². The van der Waals surface area contributed by atoms with Crippen LogP contribution in [0.1, 0.15) is 43.5 Å². The fourth-order valence-electron chi connectivity index (χ4n) is 3.12. The second kappa shape index (κ2) is 9.31. The number of nitrogens with one attached hydrogen (secondary N) is 2. The topological polar surface area (TPSA) is 84.5 Å². The van der Waals surface area contributed by atoms with E-state index >= 15 is 0 Å². The Kier molecular flexibility index (Phi) is 7.12. The number of hydrogen-bond donors (Lipinski definition) is 2. The quantitative estimate of drug-likeness (QED) is 0.757. The van der Waals surface area contributed by atoms with Gasteiger partial charge in [0.15, 0.2) is 6.61 Å². The summed E-state index contributed by atoms with van der Waals surface area (Å²) in [6.07, 6.45) is 3.15. The summed E-state index contributed by atoms with van der Waals surface area (Å²) in [6, 6.07) is 5.55. The van der Waals surface area contributed by atoms with Crippen LogP contribution >= 0.6 is 0 Å². The minimum Gasteiger partial charge on any atom is -0.454 e. The molecule has 1 aliphatic carbocycles. The van der Waals surface area contributed by atoms with E-state index in [1.807, 2.05) is 0 Å². The van der Waals surface area contributed by atoms with E-state index in [4.69, 9.17) is 4.74 Å². The Labute approximate surface area is 152 Å². The van der Waals surface area contributed by atoms with Crippen LogP contribution in [0.25, 0.3) is 0 Å². The standard InChI is InChI=1S/C19H25FN2O4/c1-12-6-5-9-16(13(12)2)22-17(23)11-26-18(24)10-21-19(25)14-7-3-4-8-15(14)20/h3-4,7-8,12-13,16H,5-6,9-11H2,1-2H3,(H,21,25)(H,22,23)/t12-,13+,16+/m0/s1. The maximum atomic E-state index is 13.5. The zero-order valence-corrected chi connectivity index (χ0v) is 15.1. The van der Waals surface area contributed by atoms with E-state index in [9.17, 15) is 18.8 Å². The van der Waals surface area contributed by atoms with Crippen molar-refractivity contribution in [3.05, 3.63) is 35.6 Å². The molecule has 0 aliphatic heterocycles. The zero-order valence-electron chi connectivity index (χ0n) is 15.1. The first kappa shape index (κ1) is 19.9. The Morgan fingerprint density at radius 3 is 2.65 bits per heavy atom. The number of carbonyl (C=O) groups is 3. The molecular formula is C19H25FN2O4. The van der Waals surface area contributed by atoms with Crippen LogP contribution in [0.3, 0.4) is 0 Å². The summed E-state index contributed by atoms with van der Waals surface area (Å²) in [4.78, 5) is 35.4. The zero-order chi connectivity index (χ0) is 19.1. The average Bonchev–Trinajstić information content (AvgIpc) is 2.62. The van der Waals surface area contributed by atoms with Gasteiger partial charge in [-0.05, 0) is 30.4 Å². The Morgan fingerprint density at radius 1 is 1.19 bits per heavy atom. The molecule has 142 valence electrons. The Morgan fingerprint density at radius 2 is 1.92 bits per heavy atom. The van der Waals surface area contributed by atoms with Gasteiger partial charge < -0.3 is 15.4 Å². The number of esters is 1. The number of carbonyl (C=O) groups excluding carboxylic acids is 3. The van der Waals surface area contributed by atoms with E-state index in [-0.39, 0.29) is 17.5 Å². The molecule has 1 aromatic rings. The first-order chi connectivity index (χ1) is 12.4. The largest absolute Gasteiger partial charge is 0.454 e. The van der Waals surface area contributed by atoms with Crippen molar-refractivity contribution < 1.29 is 23.5 Å². The second-order valence-electron chi connectivity index (χ2n) is 6.76. The van der Waals surface area contributed by atoms with Crippen LogP contribution in [0.4, 0.5) is 4.39 Å². The molecule has 0 saturated heterocycles. The van der Waals surface area contributed by atoms with Crippen molar-refractivity contribution in [2.24, 2.45) is 11.8 Å². The smallest absolute Gasteiger partial charge is 0.325 e. The molecule has 0 spiro atoms. The molecule has 2 rings (SSSR count). The van der Waals surface area contributed by atoms with Crippen LogP contribution in [0.2, 0.25) is 0 Å². The average molecular weight is 364 g/mol. The van der Waals surface area contributed by atoms with Crippen molar-refractivity contribution in [1.82, 2.24) is 10.6 Å². The third kappa shape index (κ3) is 5.54. The van der Waals surface area contributed by atoms with E-state index < -0.39 is 30.8 Å². The third-order valence-electron chi connectivity index (χ3n) is 4.93. The van der Waals surface area contributed by atoms with Crippen molar-refractivity contribution in [3.8, 4) is 0 Å². The fraction of sp³-hybridized carbons (Fsp3) is 0.526. The van der Waals surface area contributed by atoms with Crippen LogP contribution < -0.4 is 10.6 Å². The van der Waals surface area contributed by atoms with Gasteiger partial charge in [0.05, 0.1) is 5.56 Å². The molecule has 26 heavy (non-hydrogen) atoms. The molecule has 0 unspecified atom stereocenters. The first-order valence-corrected chi connectivity index (χ1v) is 8.86. The predicted molar refractivity (Wildman–Crippen MR) is 93.8 cm³/mol. The summed E-state index contributed by atoms with van der Waals surface area (Å²) >= 11 is 0. The van der Waals surface area contributed by atoms with Crippen LogP contribution in [0.5, 0.6) is 0 Å². The molecule has 3 atom stereocenters. The minimum atomic E-state index is -0.755. The van der Waals surface area contributed by atoms with E-state index in [0.29, 0.717) is 11.8 Å². The molecule has 7 heteroatoms. The molecule has 1 aromatic carbocycles. The summed E-state index contributed by atoms with van der Waals surface area (Å²) in [5, 5.41) is 5.17. The lowest BCUT2D eigenvalue weighted by Crippen LogP contribution is -2.45. The molecule has 1 aliphatic rings. The van der Waals surface area contributed by atoms with Gasteiger partial charge in [-0.1, -0.05) is 38.8 Å². The number of rotatable bonds is 6. The number of halogens is 1. The number of hydrogen-bond acceptors (Lipinski definition) is 4. The number of ether oxygens (including phenoxy) is 1. The molecule has 1 saturated carbocycles. The van der Waals surface area contributed by atoms with Crippen molar-refractivity contribution in [2.45, 2.75) is 39.2 Å². The van der Waals surface area contributed by atoms with Gasteiger partial charge in [0.1, 0.15) is 12.4 Å². The molecule has 0 radical (unpaired) electrons. The highest BCUT2D eigenvalue weighted by Crippen LogP contribution is 2.29. The molecule has 6 nitrogen and oxygen atoms in total. The molecule has 0 aromatic heterocycles. The third-order valence-corrected chi connectivity index (χ3v) is 4.93. The summed E-state index contributed by atoms with van der Waals surface area (Å²) in [5.41, 5.74) is -0.154. The van der Waals surface area contributed by atoms with Crippen molar-refractivity contribution >= 4 is 17.8 Å². The van der Waals surface area contributed by atoms with Gasteiger partial charge in [-0.15, -0.1) is 0 Å². The van der Waals surface area contributed by atoms with Gasteiger partial charge in [-0.3, -0.25) is 14.4 Å². The molecule has 0 heterocycles. The summed E-state index contributed by atoms with van der Waals surface area (Å²) in [5.74, 6) is -1.57. The van der Waals surface area contributed by atoms with Gasteiger partial charge in [-0.25, -0.2) is 4.39 Å². The Balaban J connectivity index is 1.70. The minimum absolute atomic E-state index is 0.0886. The second-order valence-corrected chi connectivity index (χ2v) is 6.76. The lowest BCUT2D eigenvalue weighted by atomic mass is 9.78. The molecule has 0 bridgehead atoms. The first-order valence-electron chi connectivity index (χ1n) is 8.86. The summed E-state index contributed by atoms with van der Waals surface area (Å²) < 4.78 is 18.3. The van der Waals surface area contributed by atoms with Gasteiger partial charge in [0, 0.05) is 6.04 Å². The van der Waals surface area contributed by atoms with Crippen molar-refractivity contribution in [3.63, 3.8) is 0 Å². The van der Waals surface area contributed by atoms with Gasteiger partial charge in [0.25, 0.3) is 11.8 Å². The molecule has 2 N–H and O–H groups in total. The maximum absolute atomic E-state index is 13.5. The molecule has 2 amide bonds. The Hall–Kier alpha value is -2.44. The Bertz CT molecular complexity index is 665. The predicted octanol–water partition coefficient (Wildman–Crippen LogP) is 2.04. The monoisotopic (exact) mass is 364 g/mol. The van der Waals surface area contributed by atoms with Gasteiger partial charge in [-0.2, -0.15) is 0 Å². The van der Waals surface area contributed by atoms with Crippen molar-refractivity contribution in [2.75, 3.05) is 13.2 Å². The lowest BCUT2D eigenvalue weighted by Gasteiger charge is -2.34. The highest BCUT2D eigenvalue weighted by molar-refractivity contribution is 5.96. The highest BCUT2D eigenvalue weighted by atomic mass is 19.1. The summed E-state index contributed by atoms with van der Waals surface area (Å²) in [7, 11) is 0. The van der Waals surface area contributed by atoms with E-state index in [0.717, 1.165) is 25.3 Å². The van der Waals surface area contributed by atoms with E-state index in [1.165, 1.54) is 18.2 Å². The number of amides is 2. The molecule has 1 fully saturated rings. The lowest BCUT2D eigenvalue weighted by molar-refractivity contribution is -0.147. The van der Waals surface area contributed by atoms with Gasteiger partial charge >= 0.3 is 5.97 Å². The fourth-order valence-corrected chi connectivity index (χ4v) is 3.12. The van der Waals surface area contributed by atoms with Crippen molar-refractivity contribution in [1.29, 1.82) is 0 Å². The van der Waals surface area contributed by atoms with E-state index in [1.54, 1.807) is 0 Å². The van der Waals surface area contributed by atoms with E-state index in [2.05, 4.69) is 24.5 Å². The maximum Gasteiger partial charge on any atom is 0.325 e. The number of benzene rings is 1. The normalized spacial score (nSPS) is 22.3. The SMILES string of the molecule is C[C@@H]1[C@@H](C)CCC[C@H]1NC(=O)COC(=O)CNC(=O)c1ccccc1F. The molecular weight excluding hydrogens is 339 g/mol. The summed E-state index contributed by atoms with van der Waals surface area (Å²) in [6.45, 7) is 3.45. The van der Waals surface area contributed by atoms with Crippen LogP contribution in [0.15, 0.2) is 24.3 Å². The van der Waals surface area contributed by atoms with Crippen LogP contribution in [-0.4, -0.2) is 37.0 Å². The van der Waals surface area contributed by atoms with Gasteiger partial charge in [0.2, 0.25) is 0 Å². The highest BCUT2D eigenvalue weighted by Gasteiger charge is 2.28. The van der Waals surface area contributed by atoms with Crippen LogP contribution in [-0.2, 0) is 14.3 Å².